The van der Waals surface area contributed by atoms with E-state index in [9.17, 15) is 5.48 Å². The van der Waals surface area contributed by atoms with Crippen molar-refractivity contribution in [2.24, 2.45) is 0 Å². The second kappa shape index (κ2) is 11.3. The molecule has 1 heteroatoms. The quantitative estimate of drug-likeness (QED) is 0.177. The van der Waals surface area contributed by atoms with Crippen molar-refractivity contribution in [2.45, 2.75) is 0 Å². The minimum Gasteiger partial charge on any atom is -0.309 e. The summed E-state index contributed by atoms with van der Waals surface area (Å²) in [6.07, 6.45) is 0. The van der Waals surface area contributed by atoms with E-state index >= 15 is 0 Å². The van der Waals surface area contributed by atoms with Crippen LogP contribution in [0, 0.1) is 0 Å². The van der Waals surface area contributed by atoms with E-state index in [1.54, 1.807) is 0 Å². The van der Waals surface area contributed by atoms with Crippen molar-refractivity contribution >= 4 is 60.2 Å². The molecule has 9 aromatic carbocycles. The molecule has 9 rings (SSSR count). The minimum absolute atomic E-state index is 0.0853. The molecule has 9 aromatic rings. The smallest absolute Gasteiger partial charge is 0.0645 e. The minimum atomic E-state index is -0.107. The van der Waals surface area contributed by atoms with Gasteiger partial charge in [-0.05, 0) is 84.7 Å². The zero-order valence-electron chi connectivity index (χ0n) is 29.5. The largest absolute Gasteiger partial charge is 0.309 e. The maximum absolute atomic E-state index is 9.66. The van der Waals surface area contributed by atoms with E-state index in [1.165, 1.54) is 0 Å². The van der Waals surface area contributed by atoms with Gasteiger partial charge in [-0.1, -0.05) is 158 Å². The summed E-state index contributed by atoms with van der Waals surface area (Å²) in [7, 11) is 0. The first-order valence-electron chi connectivity index (χ1n) is 17.9. The third-order valence-electron chi connectivity index (χ3n) is 9.09. The lowest BCUT2D eigenvalue weighted by Gasteiger charge is -2.29. The van der Waals surface area contributed by atoms with Crippen molar-refractivity contribution in [2.75, 3.05) is 4.90 Å². The average Bonchev–Trinajstić information content (AvgIpc) is 3.19. The number of rotatable bonds is 5. The van der Waals surface area contributed by atoms with Crippen LogP contribution < -0.4 is 4.90 Å². The second-order valence-electron chi connectivity index (χ2n) is 11.8. The van der Waals surface area contributed by atoms with Gasteiger partial charge >= 0.3 is 0 Å². The average molecular weight is 602 g/mol. The van der Waals surface area contributed by atoms with Crippen molar-refractivity contribution < 1.29 is 5.48 Å². The van der Waals surface area contributed by atoms with E-state index in [2.05, 4.69) is 66.7 Å². The lowest BCUT2D eigenvalue weighted by molar-refractivity contribution is 1.30. The summed E-state index contributed by atoms with van der Waals surface area (Å²) in [6.45, 7) is 0. The van der Waals surface area contributed by atoms with E-state index in [0.29, 0.717) is 5.56 Å². The first kappa shape index (κ1) is 23.2. The summed E-state index contributed by atoms with van der Waals surface area (Å²) in [5, 5.41) is 8.35. The third kappa shape index (κ3) is 4.72. The Bertz CT molecular complexity index is 2780. The number of hydrogen-bond donors (Lipinski definition) is 0. The molecule has 0 N–H and O–H groups in total. The molecule has 0 saturated heterocycles. The maximum Gasteiger partial charge on any atom is 0.0645 e. The van der Waals surface area contributed by atoms with Crippen molar-refractivity contribution in [3.8, 4) is 22.3 Å². The Kier molecular flexibility index (Phi) is 5.59. The Morgan fingerprint density at radius 1 is 0.340 bits per heavy atom. The molecule has 0 fully saturated rings. The van der Waals surface area contributed by atoms with E-state index in [1.807, 2.05) is 102 Å². The molecular weight excluding hydrogens is 567 g/mol. The van der Waals surface area contributed by atoms with Gasteiger partial charge in [-0.25, -0.2) is 0 Å². The Balaban J connectivity index is 1.35. The van der Waals surface area contributed by atoms with Crippen LogP contribution in [0.5, 0.6) is 0 Å². The molecule has 0 unspecified atom stereocenters. The van der Waals surface area contributed by atoms with Crippen LogP contribution in [-0.2, 0) is 0 Å². The lowest BCUT2D eigenvalue weighted by Crippen LogP contribution is -2.12. The number of hydrogen-bond acceptors (Lipinski definition) is 1. The number of nitrogens with zero attached hydrogens (tertiary/aromatic N) is 1. The van der Waals surface area contributed by atoms with Gasteiger partial charge in [0.1, 0.15) is 0 Å². The maximum atomic E-state index is 9.66. The molecule has 0 spiro atoms. The molecular formula is C46H31N. The van der Waals surface area contributed by atoms with E-state index in [4.69, 9.17) is 0 Å². The van der Waals surface area contributed by atoms with Gasteiger partial charge in [-0.3, -0.25) is 0 Å². The zero-order chi connectivity index (χ0) is 34.6. The molecule has 220 valence electrons. The van der Waals surface area contributed by atoms with Gasteiger partial charge in [0.25, 0.3) is 0 Å². The molecule has 0 radical (unpaired) electrons. The van der Waals surface area contributed by atoms with Crippen LogP contribution in [0.4, 0.5) is 17.1 Å². The predicted octanol–water partition coefficient (Wildman–Crippen LogP) is 13.1. The number of fused-ring (bicyclic) bond motifs is 6. The molecule has 0 aliphatic carbocycles. The van der Waals surface area contributed by atoms with Crippen LogP contribution in [0.25, 0.3) is 65.3 Å². The lowest BCUT2D eigenvalue weighted by atomic mass is 9.96. The molecule has 0 aliphatic heterocycles. The SMILES string of the molecule is [2H]c1c([2H])c(N(c2ccccc2-c2ccccc2)c2cc3ccccc3c3ccccc23)c([2H])c([2H])c1-c1ccc2ccc3ccccc3c2c1. The fraction of sp³-hybridized carbons (Fsp3) is 0. The van der Waals surface area contributed by atoms with Crippen LogP contribution in [0.15, 0.2) is 188 Å². The predicted molar refractivity (Wildman–Crippen MR) is 202 cm³/mol. The third-order valence-corrected chi connectivity index (χ3v) is 9.09. The molecule has 0 saturated carbocycles. The first-order chi connectivity index (χ1) is 25.0. The van der Waals surface area contributed by atoms with Crippen LogP contribution in [0.2, 0.25) is 0 Å². The number of para-hydroxylation sites is 1. The molecule has 0 bridgehead atoms. The van der Waals surface area contributed by atoms with Crippen LogP contribution in [-0.4, -0.2) is 0 Å². The highest BCUT2D eigenvalue weighted by molar-refractivity contribution is 6.15. The first-order valence-corrected chi connectivity index (χ1v) is 15.9. The summed E-state index contributed by atoms with van der Waals surface area (Å²) in [5.41, 5.74) is 4.56. The summed E-state index contributed by atoms with van der Waals surface area (Å²) >= 11 is 0. The van der Waals surface area contributed by atoms with Gasteiger partial charge in [0.15, 0.2) is 0 Å². The molecule has 0 aliphatic rings. The standard InChI is InChI=1S/C46H31N/c1-2-12-33(13-3-1)41-18-10-11-21-45(41)47(46-31-37-15-5-7-17-40(37)42-19-8-9-20-43(42)46)38-28-26-32(27-29-38)36-25-24-35-23-22-34-14-4-6-16-39(34)44(35)30-36/h1-31H/i26D,27D,28D,29D. The van der Waals surface area contributed by atoms with Crippen molar-refractivity contribution in [3.63, 3.8) is 0 Å². The highest BCUT2D eigenvalue weighted by atomic mass is 15.1. The monoisotopic (exact) mass is 601 g/mol. The van der Waals surface area contributed by atoms with Crippen LogP contribution >= 0.6 is 0 Å². The van der Waals surface area contributed by atoms with Crippen LogP contribution in [0.3, 0.4) is 0 Å². The topological polar surface area (TPSA) is 3.24 Å². The normalized spacial score (nSPS) is 12.6. The summed E-state index contributed by atoms with van der Waals surface area (Å²) in [4.78, 5) is 1.94. The molecule has 47 heavy (non-hydrogen) atoms. The van der Waals surface area contributed by atoms with Gasteiger partial charge < -0.3 is 4.90 Å². The van der Waals surface area contributed by atoms with E-state index in [-0.39, 0.29) is 35.4 Å². The van der Waals surface area contributed by atoms with Gasteiger partial charge in [0.05, 0.1) is 16.9 Å². The Labute approximate surface area is 280 Å². The molecule has 0 amide bonds. The van der Waals surface area contributed by atoms with Crippen LogP contribution in [0.1, 0.15) is 5.48 Å². The second-order valence-corrected chi connectivity index (χ2v) is 11.8. The highest BCUT2D eigenvalue weighted by Gasteiger charge is 2.20. The highest BCUT2D eigenvalue weighted by Crippen LogP contribution is 2.45. The molecule has 0 aromatic heterocycles. The Morgan fingerprint density at radius 2 is 0.915 bits per heavy atom. The van der Waals surface area contributed by atoms with Gasteiger partial charge in [-0.15, -0.1) is 0 Å². The van der Waals surface area contributed by atoms with E-state index < -0.39 is 0 Å². The fourth-order valence-electron chi connectivity index (χ4n) is 6.84. The van der Waals surface area contributed by atoms with Crippen molar-refractivity contribution in [1.82, 2.24) is 0 Å². The molecule has 0 heterocycles. The van der Waals surface area contributed by atoms with Gasteiger partial charge in [-0.2, -0.15) is 0 Å². The zero-order valence-corrected chi connectivity index (χ0v) is 25.5. The Hall–Kier alpha value is -6.18. The van der Waals surface area contributed by atoms with Gasteiger partial charge in [0, 0.05) is 16.6 Å². The summed E-state index contributed by atoms with van der Waals surface area (Å²) < 4.78 is 38.3. The number of anilines is 3. The van der Waals surface area contributed by atoms with Crippen molar-refractivity contribution in [3.05, 3.63) is 188 Å². The van der Waals surface area contributed by atoms with E-state index in [0.717, 1.165) is 65.6 Å². The Morgan fingerprint density at radius 3 is 1.70 bits per heavy atom. The fourth-order valence-corrected chi connectivity index (χ4v) is 6.84. The number of benzene rings is 9. The molecule has 1 nitrogen and oxygen atoms in total. The summed E-state index contributed by atoms with van der Waals surface area (Å²) in [5.74, 6) is 0. The molecule has 0 atom stereocenters. The van der Waals surface area contributed by atoms with Crippen molar-refractivity contribution in [1.29, 1.82) is 0 Å². The van der Waals surface area contributed by atoms with Gasteiger partial charge in [0.2, 0.25) is 0 Å². The summed E-state index contributed by atoms with van der Waals surface area (Å²) in [6, 6.07) is 54.5.